The van der Waals surface area contributed by atoms with Gasteiger partial charge in [-0.05, 0) is 41.5 Å². The van der Waals surface area contributed by atoms with Crippen LogP contribution in [0.1, 0.15) is 36.0 Å². The smallest absolute Gasteiger partial charge is 0.173 e. The first-order valence-electron chi connectivity index (χ1n) is 10.1. The zero-order chi connectivity index (χ0) is 20.8. The molecule has 0 aliphatic carbocycles. The SMILES string of the molecule is COCCn1nnnc1[C@H](c1ccccc1F)N(Cc1ccco1)C[C@@H]1CCCO1. The average molecular weight is 415 g/mol. The van der Waals surface area contributed by atoms with E-state index in [-0.39, 0.29) is 11.9 Å². The Kier molecular flexibility index (Phi) is 6.83. The third-order valence-electron chi connectivity index (χ3n) is 5.28. The van der Waals surface area contributed by atoms with Crippen LogP contribution in [-0.4, -0.2) is 58.1 Å². The standard InChI is InChI=1S/C21H26FN5O3/c1-28-13-10-27-21(23-24-25-27)20(18-8-2-3-9-19(18)22)26(14-16-6-4-11-29-16)15-17-7-5-12-30-17/h2-4,6,8-9,11,17,20H,5,7,10,12-15H2,1H3/t17-,20-/m0/s1. The van der Waals surface area contributed by atoms with Gasteiger partial charge in [0.1, 0.15) is 17.6 Å². The molecule has 160 valence electrons. The molecule has 0 saturated carbocycles. The second-order valence-electron chi connectivity index (χ2n) is 7.32. The number of rotatable bonds is 10. The van der Waals surface area contributed by atoms with Gasteiger partial charge in [0.05, 0.1) is 32.1 Å². The van der Waals surface area contributed by atoms with Crippen LogP contribution in [-0.2, 0) is 22.6 Å². The zero-order valence-corrected chi connectivity index (χ0v) is 17.0. The normalized spacial score (nSPS) is 17.6. The summed E-state index contributed by atoms with van der Waals surface area (Å²) in [5.74, 6) is 1.03. The topological polar surface area (TPSA) is 78.4 Å². The Bertz CT molecular complexity index is 911. The summed E-state index contributed by atoms with van der Waals surface area (Å²) in [6, 6.07) is 10.00. The maximum Gasteiger partial charge on any atom is 0.173 e. The van der Waals surface area contributed by atoms with E-state index < -0.39 is 6.04 Å². The summed E-state index contributed by atoms with van der Waals surface area (Å²) in [6.07, 6.45) is 3.69. The molecule has 1 fully saturated rings. The number of hydrogen-bond acceptors (Lipinski definition) is 7. The lowest BCUT2D eigenvalue weighted by atomic mass is 10.0. The number of benzene rings is 1. The van der Waals surface area contributed by atoms with Crippen molar-refractivity contribution in [3.8, 4) is 0 Å². The minimum atomic E-state index is -0.507. The van der Waals surface area contributed by atoms with Gasteiger partial charge in [0.25, 0.3) is 0 Å². The first kappa shape index (κ1) is 20.6. The summed E-state index contributed by atoms with van der Waals surface area (Å²) in [6.45, 7) is 2.75. The third kappa shape index (κ3) is 4.75. The van der Waals surface area contributed by atoms with Crippen molar-refractivity contribution < 1.29 is 18.3 Å². The fourth-order valence-corrected chi connectivity index (χ4v) is 3.85. The third-order valence-corrected chi connectivity index (χ3v) is 5.28. The fraction of sp³-hybridized carbons (Fsp3) is 0.476. The fourth-order valence-electron chi connectivity index (χ4n) is 3.85. The van der Waals surface area contributed by atoms with Gasteiger partial charge in [-0.3, -0.25) is 4.90 Å². The molecule has 1 aliphatic rings. The Balaban J connectivity index is 1.74. The van der Waals surface area contributed by atoms with Gasteiger partial charge in [-0.1, -0.05) is 18.2 Å². The molecule has 0 spiro atoms. The van der Waals surface area contributed by atoms with Crippen molar-refractivity contribution in [1.29, 1.82) is 0 Å². The Morgan fingerprint density at radius 3 is 2.93 bits per heavy atom. The number of furan rings is 1. The van der Waals surface area contributed by atoms with E-state index >= 15 is 0 Å². The van der Waals surface area contributed by atoms with Gasteiger partial charge in [-0.2, -0.15) is 0 Å². The van der Waals surface area contributed by atoms with E-state index in [0.717, 1.165) is 25.2 Å². The highest BCUT2D eigenvalue weighted by atomic mass is 19.1. The average Bonchev–Trinajstić information content (AvgIpc) is 3.52. The Morgan fingerprint density at radius 2 is 2.20 bits per heavy atom. The quantitative estimate of drug-likeness (QED) is 0.504. The first-order chi connectivity index (χ1) is 14.8. The molecular weight excluding hydrogens is 389 g/mol. The molecule has 4 rings (SSSR count). The van der Waals surface area contributed by atoms with E-state index in [1.807, 2.05) is 18.2 Å². The molecular formula is C21H26FN5O3. The van der Waals surface area contributed by atoms with Crippen molar-refractivity contribution in [2.24, 2.45) is 0 Å². The van der Waals surface area contributed by atoms with E-state index in [1.54, 1.807) is 30.2 Å². The van der Waals surface area contributed by atoms with E-state index in [4.69, 9.17) is 13.9 Å². The van der Waals surface area contributed by atoms with Crippen LogP contribution in [0.2, 0.25) is 0 Å². The van der Waals surface area contributed by atoms with Crippen LogP contribution in [0.4, 0.5) is 4.39 Å². The van der Waals surface area contributed by atoms with E-state index in [1.165, 1.54) is 6.07 Å². The van der Waals surface area contributed by atoms with E-state index in [2.05, 4.69) is 20.4 Å². The Labute approximate surface area is 174 Å². The van der Waals surface area contributed by atoms with Crippen LogP contribution < -0.4 is 0 Å². The molecule has 3 aromatic rings. The molecule has 3 heterocycles. The molecule has 9 heteroatoms. The van der Waals surface area contributed by atoms with Crippen molar-refractivity contribution in [2.75, 3.05) is 26.9 Å². The summed E-state index contributed by atoms with van der Waals surface area (Å²) in [5, 5.41) is 12.3. The Hall–Kier alpha value is -2.62. The monoisotopic (exact) mass is 415 g/mol. The number of halogens is 1. The van der Waals surface area contributed by atoms with Crippen LogP contribution in [0.5, 0.6) is 0 Å². The number of aromatic nitrogens is 4. The van der Waals surface area contributed by atoms with Gasteiger partial charge in [-0.25, -0.2) is 9.07 Å². The second-order valence-corrected chi connectivity index (χ2v) is 7.32. The predicted molar refractivity (Wildman–Crippen MR) is 106 cm³/mol. The molecule has 30 heavy (non-hydrogen) atoms. The minimum absolute atomic E-state index is 0.0672. The summed E-state index contributed by atoms with van der Waals surface area (Å²) >= 11 is 0. The molecule has 1 aliphatic heterocycles. The molecule has 0 unspecified atom stereocenters. The summed E-state index contributed by atoms with van der Waals surface area (Å²) in [7, 11) is 1.62. The lowest BCUT2D eigenvalue weighted by Gasteiger charge is -2.32. The molecule has 2 aromatic heterocycles. The highest BCUT2D eigenvalue weighted by molar-refractivity contribution is 5.27. The number of methoxy groups -OCH3 is 1. The van der Waals surface area contributed by atoms with E-state index in [9.17, 15) is 4.39 Å². The van der Waals surface area contributed by atoms with Gasteiger partial charge in [0, 0.05) is 25.8 Å². The Morgan fingerprint density at radius 1 is 1.30 bits per heavy atom. The molecule has 0 amide bonds. The molecule has 1 aromatic carbocycles. The largest absolute Gasteiger partial charge is 0.468 e. The van der Waals surface area contributed by atoms with Crippen LogP contribution >= 0.6 is 0 Å². The zero-order valence-electron chi connectivity index (χ0n) is 17.0. The van der Waals surface area contributed by atoms with Crippen LogP contribution in [0.25, 0.3) is 0 Å². The maximum absolute atomic E-state index is 15.0. The van der Waals surface area contributed by atoms with Crippen molar-refractivity contribution >= 4 is 0 Å². The second kappa shape index (κ2) is 9.92. The first-order valence-corrected chi connectivity index (χ1v) is 10.1. The molecule has 8 nitrogen and oxygen atoms in total. The number of hydrogen-bond donors (Lipinski definition) is 0. The summed E-state index contributed by atoms with van der Waals surface area (Å²) < 4.78 is 33.3. The number of nitrogens with zero attached hydrogens (tertiary/aromatic N) is 5. The molecule has 2 atom stereocenters. The van der Waals surface area contributed by atoms with Crippen molar-refractivity contribution in [3.05, 3.63) is 65.6 Å². The van der Waals surface area contributed by atoms with Gasteiger partial charge in [-0.15, -0.1) is 5.10 Å². The molecule has 0 N–H and O–H groups in total. The van der Waals surface area contributed by atoms with Crippen LogP contribution in [0.15, 0.2) is 47.1 Å². The predicted octanol–water partition coefficient (Wildman–Crippen LogP) is 2.82. The van der Waals surface area contributed by atoms with Crippen molar-refractivity contribution in [1.82, 2.24) is 25.1 Å². The van der Waals surface area contributed by atoms with Gasteiger partial charge in [0.2, 0.25) is 0 Å². The van der Waals surface area contributed by atoms with Crippen molar-refractivity contribution in [3.63, 3.8) is 0 Å². The van der Waals surface area contributed by atoms with E-state index in [0.29, 0.717) is 37.6 Å². The lowest BCUT2D eigenvalue weighted by molar-refractivity contribution is 0.0537. The maximum atomic E-state index is 15.0. The lowest BCUT2D eigenvalue weighted by Crippen LogP contribution is -2.37. The summed E-state index contributed by atoms with van der Waals surface area (Å²) in [4.78, 5) is 2.13. The number of tetrazole rings is 1. The minimum Gasteiger partial charge on any atom is -0.468 e. The van der Waals surface area contributed by atoms with Gasteiger partial charge in [0.15, 0.2) is 5.82 Å². The van der Waals surface area contributed by atoms with Gasteiger partial charge >= 0.3 is 0 Å². The summed E-state index contributed by atoms with van der Waals surface area (Å²) in [5.41, 5.74) is 0.510. The molecule has 0 bridgehead atoms. The highest BCUT2D eigenvalue weighted by Gasteiger charge is 2.33. The number of ether oxygens (including phenoxy) is 2. The van der Waals surface area contributed by atoms with Crippen molar-refractivity contribution in [2.45, 2.75) is 38.1 Å². The van der Waals surface area contributed by atoms with Crippen LogP contribution in [0, 0.1) is 5.82 Å². The van der Waals surface area contributed by atoms with Crippen LogP contribution in [0.3, 0.4) is 0 Å². The molecule has 1 saturated heterocycles. The highest BCUT2D eigenvalue weighted by Crippen LogP contribution is 2.32. The van der Waals surface area contributed by atoms with Gasteiger partial charge < -0.3 is 13.9 Å². The molecule has 0 radical (unpaired) electrons.